The van der Waals surface area contributed by atoms with E-state index in [1.54, 1.807) is 0 Å². The summed E-state index contributed by atoms with van der Waals surface area (Å²) in [6.45, 7) is 4.81. The minimum Gasteiger partial charge on any atom is -0.356 e. The monoisotopic (exact) mass is 316 g/mol. The van der Waals surface area contributed by atoms with Crippen LogP contribution in [-0.2, 0) is 9.59 Å². The van der Waals surface area contributed by atoms with Gasteiger partial charge in [-0.15, -0.1) is 0 Å². The van der Waals surface area contributed by atoms with Crippen molar-refractivity contribution in [2.24, 2.45) is 11.8 Å². The maximum Gasteiger partial charge on any atom is 0.223 e. The molecule has 0 saturated heterocycles. The van der Waals surface area contributed by atoms with Crippen LogP contribution in [0.5, 0.6) is 0 Å². The molecule has 0 heterocycles. The van der Waals surface area contributed by atoms with Gasteiger partial charge in [-0.1, -0.05) is 37.3 Å². The average Bonchev–Trinajstić information content (AvgIpc) is 2.60. The average molecular weight is 316 g/mol. The Bertz CT molecular complexity index is 507. The molecule has 0 radical (unpaired) electrons. The van der Waals surface area contributed by atoms with Crippen LogP contribution in [0.1, 0.15) is 57.6 Å². The van der Waals surface area contributed by atoms with Gasteiger partial charge in [-0.2, -0.15) is 0 Å². The molecule has 1 fully saturated rings. The highest BCUT2D eigenvalue weighted by atomic mass is 16.2. The van der Waals surface area contributed by atoms with E-state index in [1.807, 2.05) is 37.3 Å². The van der Waals surface area contributed by atoms with Crippen LogP contribution in [0.4, 0.5) is 0 Å². The van der Waals surface area contributed by atoms with Crippen LogP contribution in [-0.4, -0.2) is 18.4 Å². The predicted molar refractivity (Wildman–Crippen MR) is 91.7 cm³/mol. The van der Waals surface area contributed by atoms with Gasteiger partial charge in [0, 0.05) is 18.4 Å². The molecule has 1 aliphatic rings. The number of amides is 2. The van der Waals surface area contributed by atoms with Crippen LogP contribution < -0.4 is 10.6 Å². The molecule has 1 saturated carbocycles. The van der Waals surface area contributed by atoms with Crippen molar-refractivity contribution in [3.8, 4) is 0 Å². The zero-order chi connectivity index (χ0) is 16.7. The van der Waals surface area contributed by atoms with Crippen molar-refractivity contribution in [3.63, 3.8) is 0 Å². The second-order valence-corrected chi connectivity index (χ2v) is 6.48. The first-order chi connectivity index (χ1) is 11.1. The molecule has 1 atom stereocenters. The standard InChI is InChI=1S/C19H28N2O2/c1-3-13-20-18(22)16-9-11-17(12-10-16)19(23)21-14(2)15-7-5-4-6-8-15/h4-8,14,16-17H,3,9-13H2,1-2H3,(H,20,22)(H,21,23). The predicted octanol–water partition coefficient (Wildman–Crippen LogP) is 3.20. The Balaban J connectivity index is 1.78. The lowest BCUT2D eigenvalue weighted by molar-refractivity contribution is -0.130. The molecule has 4 heteroatoms. The lowest BCUT2D eigenvalue weighted by atomic mass is 9.81. The molecule has 1 unspecified atom stereocenters. The maximum atomic E-state index is 12.4. The highest BCUT2D eigenvalue weighted by Gasteiger charge is 2.30. The molecule has 0 aromatic heterocycles. The van der Waals surface area contributed by atoms with E-state index in [-0.39, 0.29) is 29.7 Å². The number of nitrogens with one attached hydrogen (secondary N) is 2. The molecule has 0 spiro atoms. The molecule has 1 aliphatic carbocycles. The van der Waals surface area contributed by atoms with Crippen molar-refractivity contribution in [1.82, 2.24) is 10.6 Å². The Kier molecular flexibility index (Phi) is 6.63. The minimum absolute atomic E-state index is 0.0225. The van der Waals surface area contributed by atoms with Gasteiger partial charge < -0.3 is 10.6 Å². The number of benzene rings is 1. The van der Waals surface area contributed by atoms with Crippen LogP contribution in [0, 0.1) is 11.8 Å². The zero-order valence-corrected chi connectivity index (χ0v) is 14.2. The van der Waals surface area contributed by atoms with Gasteiger partial charge in [0.2, 0.25) is 11.8 Å². The highest BCUT2D eigenvalue weighted by molar-refractivity contribution is 5.81. The molecular formula is C19H28N2O2. The van der Waals surface area contributed by atoms with E-state index in [9.17, 15) is 9.59 Å². The summed E-state index contributed by atoms with van der Waals surface area (Å²) in [4.78, 5) is 24.4. The quantitative estimate of drug-likeness (QED) is 0.847. The summed E-state index contributed by atoms with van der Waals surface area (Å²) >= 11 is 0. The Morgan fingerprint density at radius 2 is 1.61 bits per heavy atom. The molecular weight excluding hydrogens is 288 g/mol. The van der Waals surface area contributed by atoms with Gasteiger partial charge >= 0.3 is 0 Å². The van der Waals surface area contributed by atoms with Gasteiger partial charge in [-0.25, -0.2) is 0 Å². The first-order valence-electron chi connectivity index (χ1n) is 8.74. The van der Waals surface area contributed by atoms with Gasteiger partial charge in [0.05, 0.1) is 6.04 Å². The van der Waals surface area contributed by atoms with Gasteiger partial charge in [0.15, 0.2) is 0 Å². The van der Waals surface area contributed by atoms with E-state index >= 15 is 0 Å². The smallest absolute Gasteiger partial charge is 0.223 e. The normalized spacial score (nSPS) is 22.2. The summed E-state index contributed by atoms with van der Waals surface area (Å²) in [6, 6.07) is 10.0. The molecule has 0 aliphatic heterocycles. The van der Waals surface area contributed by atoms with E-state index in [0.717, 1.165) is 44.2 Å². The summed E-state index contributed by atoms with van der Waals surface area (Å²) in [5.41, 5.74) is 1.12. The van der Waals surface area contributed by atoms with Crippen LogP contribution >= 0.6 is 0 Å². The SMILES string of the molecule is CCCNC(=O)C1CCC(C(=O)NC(C)c2ccccc2)CC1. The Morgan fingerprint density at radius 1 is 1.04 bits per heavy atom. The fourth-order valence-corrected chi connectivity index (χ4v) is 3.17. The van der Waals surface area contributed by atoms with Crippen molar-refractivity contribution in [2.45, 2.75) is 52.0 Å². The van der Waals surface area contributed by atoms with Crippen LogP contribution in [0.25, 0.3) is 0 Å². The summed E-state index contributed by atoms with van der Waals surface area (Å²) in [5.74, 6) is 0.394. The minimum atomic E-state index is 0.0225. The molecule has 2 N–H and O–H groups in total. The Labute approximate surface area is 139 Å². The number of carbonyl (C=O) groups excluding carboxylic acids is 2. The first kappa shape index (κ1) is 17.5. The van der Waals surface area contributed by atoms with Crippen LogP contribution in [0.3, 0.4) is 0 Å². The van der Waals surface area contributed by atoms with Gasteiger partial charge in [-0.05, 0) is 44.6 Å². The van der Waals surface area contributed by atoms with Crippen molar-refractivity contribution < 1.29 is 9.59 Å². The lowest BCUT2D eigenvalue weighted by Crippen LogP contribution is -2.38. The van der Waals surface area contributed by atoms with Crippen molar-refractivity contribution >= 4 is 11.8 Å². The Morgan fingerprint density at radius 3 is 2.17 bits per heavy atom. The second-order valence-electron chi connectivity index (χ2n) is 6.48. The van der Waals surface area contributed by atoms with E-state index in [0.29, 0.717) is 0 Å². The third-order valence-corrected chi connectivity index (χ3v) is 4.68. The lowest BCUT2D eigenvalue weighted by Gasteiger charge is -2.28. The molecule has 2 rings (SSSR count). The van der Waals surface area contributed by atoms with Crippen LogP contribution in [0.2, 0.25) is 0 Å². The fraction of sp³-hybridized carbons (Fsp3) is 0.579. The molecule has 1 aromatic carbocycles. The van der Waals surface area contributed by atoms with Crippen molar-refractivity contribution in [1.29, 1.82) is 0 Å². The summed E-state index contributed by atoms with van der Waals surface area (Å²) < 4.78 is 0. The van der Waals surface area contributed by atoms with Gasteiger partial charge in [0.1, 0.15) is 0 Å². The van der Waals surface area contributed by atoms with Crippen LogP contribution in [0.15, 0.2) is 30.3 Å². The molecule has 2 amide bonds. The van der Waals surface area contributed by atoms with E-state index in [4.69, 9.17) is 0 Å². The number of hydrogen-bond donors (Lipinski definition) is 2. The number of hydrogen-bond acceptors (Lipinski definition) is 2. The molecule has 126 valence electrons. The first-order valence-corrected chi connectivity index (χ1v) is 8.74. The molecule has 4 nitrogen and oxygen atoms in total. The maximum absolute atomic E-state index is 12.4. The topological polar surface area (TPSA) is 58.2 Å². The molecule has 0 bridgehead atoms. The summed E-state index contributed by atoms with van der Waals surface area (Å²) in [5, 5.41) is 6.07. The summed E-state index contributed by atoms with van der Waals surface area (Å²) in [6.07, 6.45) is 4.19. The zero-order valence-electron chi connectivity index (χ0n) is 14.2. The van der Waals surface area contributed by atoms with E-state index in [1.165, 1.54) is 0 Å². The number of carbonyl (C=O) groups is 2. The summed E-state index contributed by atoms with van der Waals surface area (Å²) in [7, 11) is 0. The third kappa shape index (κ3) is 5.08. The van der Waals surface area contributed by atoms with E-state index in [2.05, 4.69) is 17.6 Å². The molecule has 1 aromatic rings. The van der Waals surface area contributed by atoms with Gasteiger partial charge in [-0.3, -0.25) is 9.59 Å². The Hall–Kier alpha value is -1.84. The highest BCUT2D eigenvalue weighted by Crippen LogP contribution is 2.29. The largest absolute Gasteiger partial charge is 0.356 e. The third-order valence-electron chi connectivity index (χ3n) is 4.68. The van der Waals surface area contributed by atoms with Crippen molar-refractivity contribution in [3.05, 3.63) is 35.9 Å². The fourth-order valence-electron chi connectivity index (χ4n) is 3.17. The van der Waals surface area contributed by atoms with Gasteiger partial charge in [0.25, 0.3) is 0 Å². The molecule has 23 heavy (non-hydrogen) atoms. The number of rotatable bonds is 6. The van der Waals surface area contributed by atoms with Crippen molar-refractivity contribution in [2.75, 3.05) is 6.54 Å². The second kappa shape index (κ2) is 8.70. The van der Waals surface area contributed by atoms with E-state index < -0.39 is 0 Å².